The Labute approximate surface area is 127 Å². The Hall–Kier alpha value is -1.72. The summed E-state index contributed by atoms with van der Waals surface area (Å²) in [5, 5.41) is 0. The first kappa shape index (κ1) is 15.7. The molecule has 5 nitrogen and oxygen atoms in total. The summed E-state index contributed by atoms with van der Waals surface area (Å²) < 4.78 is 10.9. The second kappa shape index (κ2) is 7.34. The summed E-state index contributed by atoms with van der Waals surface area (Å²) in [5.74, 6) is 0.980. The molecule has 0 N–H and O–H groups in total. The molecule has 6 heteroatoms. The van der Waals surface area contributed by atoms with Gasteiger partial charge in [-0.25, -0.2) is 9.78 Å². The van der Waals surface area contributed by atoms with E-state index in [-0.39, 0.29) is 12.2 Å². The summed E-state index contributed by atoms with van der Waals surface area (Å²) in [6.07, 6.45) is 3.16. The maximum atomic E-state index is 11.8. The molecule has 21 heavy (non-hydrogen) atoms. The number of piperidine rings is 1. The zero-order valence-corrected chi connectivity index (χ0v) is 12.6. The lowest BCUT2D eigenvalue weighted by atomic mass is 9.97. The number of pyridine rings is 1. The van der Waals surface area contributed by atoms with E-state index in [4.69, 9.17) is 17.3 Å². The number of carbonyl (C=O) groups is 1. The van der Waals surface area contributed by atoms with Crippen LogP contribution in [0.15, 0.2) is 18.3 Å². The van der Waals surface area contributed by atoms with Crippen LogP contribution in [0.25, 0.3) is 0 Å². The molecule has 1 aliphatic heterocycles. The first-order valence-electron chi connectivity index (χ1n) is 7.34. The van der Waals surface area contributed by atoms with Crippen molar-refractivity contribution in [2.45, 2.75) is 32.8 Å². The minimum atomic E-state index is -0.220. The van der Waals surface area contributed by atoms with Crippen molar-refractivity contribution < 1.29 is 14.3 Å². The van der Waals surface area contributed by atoms with Gasteiger partial charge in [-0.05, 0) is 38.7 Å². The van der Waals surface area contributed by atoms with Crippen molar-refractivity contribution >= 4 is 19.4 Å². The van der Waals surface area contributed by atoms with Gasteiger partial charge in [-0.3, -0.25) is 0 Å². The van der Waals surface area contributed by atoms with E-state index in [0.29, 0.717) is 37.0 Å². The third kappa shape index (κ3) is 4.95. The summed E-state index contributed by atoms with van der Waals surface area (Å²) in [6.45, 7) is 5.74. The van der Waals surface area contributed by atoms with Gasteiger partial charge < -0.3 is 14.4 Å². The van der Waals surface area contributed by atoms with Gasteiger partial charge in [0.05, 0.1) is 12.7 Å². The van der Waals surface area contributed by atoms with E-state index in [0.717, 1.165) is 12.8 Å². The van der Waals surface area contributed by atoms with Crippen LogP contribution in [-0.4, -0.2) is 49.6 Å². The molecule has 1 fully saturated rings. The van der Waals surface area contributed by atoms with E-state index < -0.39 is 0 Å². The number of hydrogen-bond donors (Lipinski definition) is 0. The van der Waals surface area contributed by atoms with Crippen molar-refractivity contribution in [3.63, 3.8) is 0 Å². The van der Waals surface area contributed by atoms with E-state index >= 15 is 0 Å². The van der Waals surface area contributed by atoms with Crippen LogP contribution in [0.4, 0.5) is 4.79 Å². The quantitative estimate of drug-likeness (QED) is 0.788. The molecule has 2 rings (SSSR count). The van der Waals surface area contributed by atoms with Gasteiger partial charge in [-0.2, -0.15) is 0 Å². The highest BCUT2D eigenvalue weighted by molar-refractivity contribution is 6.32. The van der Waals surface area contributed by atoms with Gasteiger partial charge >= 0.3 is 6.09 Å². The Morgan fingerprint density at radius 3 is 2.81 bits per heavy atom. The fraction of sp³-hybridized carbons (Fsp3) is 0.600. The van der Waals surface area contributed by atoms with E-state index in [1.807, 2.05) is 13.8 Å². The number of rotatable bonds is 4. The molecule has 2 heterocycles. The van der Waals surface area contributed by atoms with Gasteiger partial charge in [0, 0.05) is 19.3 Å². The van der Waals surface area contributed by atoms with E-state index in [1.165, 1.54) is 0 Å². The first-order chi connectivity index (χ1) is 10.0. The number of likely N-dealkylation sites (tertiary alicyclic amines) is 1. The van der Waals surface area contributed by atoms with Crippen LogP contribution in [0.5, 0.6) is 5.88 Å². The molecule has 1 aromatic heterocycles. The van der Waals surface area contributed by atoms with Crippen molar-refractivity contribution in [2.75, 3.05) is 19.7 Å². The van der Waals surface area contributed by atoms with Crippen molar-refractivity contribution in [3.05, 3.63) is 18.3 Å². The van der Waals surface area contributed by atoms with Crippen molar-refractivity contribution in [1.82, 2.24) is 9.88 Å². The van der Waals surface area contributed by atoms with Crippen LogP contribution in [0.1, 0.15) is 26.7 Å². The molecule has 1 amide bonds. The van der Waals surface area contributed by atoms with Crippen LogP contribution in [0, 0.1) is 5.92 Å². The highest BCUT2D eigenvalue weighted by Gasteiger charge is 2.24. The number of carbonyl (C=O) groups excluding carboxylic acids is 1. The second-order valence-electron chi connectivity index (χ2n) is 5.60. The molecular formula is C15H21BN2O3. The number of nitrogens with zero attached hydrogens (tertiary/aromatic N) is 2. The third-order valence-corrected chi connectivity index (χ3v) is 3.44. The second-order valence-corrected chi connectivity index (χ2v) is 5.60. The van der Waals surface area contributed by atoms with Crippen LogP contribution in [0.2, 0.25) is 0 Å². The number of hydrogen-bond acceptors (Lipinski definition) is 4. The van der Waals surface area contributed by atoms with Gasteiger partial charge in [0.2, 0.25) is 5.88 Å². The third-order valence-electron chi connectivity index (χ3n) is 3.44. The van der Waals surface area contributed by atoms with Crippen LogP contribution < -0.4 is 10.2 Å². The summed E-state index contributed by atoms with van der Waals surface area (Å²) in [4.78, 5) is 17.7. The van der Waals surface area contributed by atoms with Crippen LogP contribution in [0.3, 0.4) is 0 Å². The summed E-state index contributed by atoms with van der Waals surface area (Å²) >= 11 is 0. The molecule has 0 unspecified atom stereocenters. The molecule has 0 saturated carbocycles. The molecular weight excluding hydrogens is 267 g/mol. The highest BCUT2D eigenvalue weighted by Crippen LogP contribution is 2.19. The minimum Gasteiger partial charge on any atom is -0.477 e. The van der Waals surface area contributed by atoms with E-state index in [1.54, 1.807) is 23.2 Å². The zero-order valence-electron chi connectivity index (χ0n) is 12.6. The predicted octanol–water partition coefficient (Wildman–Crippen LogP) is 1.51. The topological polar surface area (TPSA) is 51.7 Å². The normalized spacial score (nSPS) is 16.0. The van der Waals surface area contributed by atoms with Gasteiger partial charge in [0.25, 0.3) is 0 Å². The average Bonchev–Trinajstić information content (AvgIpc) is 2.45. The minimum absolute atomic E-state index is 0.0758. The van der Waals surface area contributed by atoms with Crippen molar-refractivity contribution in [3.8, 4) is 5.88 Å². The Morgan fingerprint density at radius 2 is 2.19 bits per heavy atom. The largest absolute Gasteiger partial charge is 0.477 e. The zero-order chi connectivity index (χ0) is 15.2. The van der Waals surface area contributed by atoms with Gasteiger partial charge in [-0.15, -0.1) is 0 Å². The Kier molecular flexibility index (Phi) is 5.48. The van der Waals surface area contributed by atoms with Crippen LogP contribution >= 0.6 is 0 Å². The van der Waals surface area contributed by atoms with Crippen molar-refractivity contribution in [2.24, 2.45) is 5.92 Å². The molecule has 1 aliphatic rings. The van der Waals surface area contributed by atoms with Gasteiger partial charge in [0.1, 0.15) is 7.85 Å². The monoisotopic (exact) mass is 288 g/mol. The smallest absolute Gasteiger partial charge is 0.410 e. The number of ether oxygens (including phenoxy) is 2. The first-order valence-corrected chi connectivity index (χ1v) is 7.34. The maximum absolute atomic E-state index is 11.8. The van der Waals surface area contributed by atoms with E-state index in [9.17, 15) is 4.79 Å². The Morgan fingerprint density at radius 1 is 1.48 bits per heavy atom. The highest BCUT2D eigenvalue weighted by atomic mass is 16.6. The molecule has 1 aromatic rings. The summed E-state index contributed by atoms with van der Waals surface area (Å²) in [6, 6.07) is 3.45. The molecule has 0 spiro atoms. The SMILES string of the molecule is [B]c1ccnc(OCC2CCN(C(=O)OC(C)C)CC2)c1. The molecule has 0 aliphatic carbocycles. The van der Waals surface area contributed by atoms with Gasteiger partial charge in [0.15, 0.2) is 0 Å². The summed E-state index contributed by atoms with van der Waals surface area (Å²) in [5.41, 5.74) is 0.645. The van der Waals surface area contributed by atoms with Crippen molar-refractivity contribution in [1.29, 1.82) is 0 Å². The Balaban J connectivity index is 1.73. The number of aromatic nitrogens is 1. The maximum Gasteiger partial charge on any atom is 0.410 e. The average molecular weight is 288 g/mol. The van der Waals surface area contributed by atoms with E-state index in [2.05, 4.69) is 4.98 Å². The molecule has 0 atom stereocenters. The lowest BCUT2D eigenvalue weighted by molar-refractivity contribution is 0.0606. The fourth-order valence-corrected chi connectivity index (χ4v) is 2.27. The molecule has 2 radical (unpaired) electrons. The van der Waals surface area contributed by atoms with Gasteiger partial charge in [-0.1, -0.05) is 11.5 Å². The predicted molar refractivity (Wildman–Crippen MR) is 81.0 cm³/mol. The molecule has 1 saturated heterocycles. The standard InChI is InChI=1S/C15H21BN2O3/c1-11(2)21-15(19)18-7-4-12(5-8-18)10-20-14-9-13(16)3-6-17-14/h3,6,9,11-12H,4-5,7-8,10H2,1-2H3. The lowest BCUT2D eigenvalue weighted by Gasteiger charge is -2.31. The molecule has 0 aromatic carbocycles. The van der Waals surface area contributed by atoms with Crippen LogP contribution in [-0.2, 0) is 4.74 Å². The molecule has 0 bridgehead atoms. The lowest BCUT2D eigenvalue weighted by Crippen LogP contribution is -2.40. The number of amides is 1. The fourth-order valence-electron chi connectivity index (χ4n) is 2.27. The summed E-state index contributed by atoms with van der Waals surface area (Å²) in [7, 11) is 5.68. The molecule has 112 valence electrons. The Bertz CT molecular complexity index is 474.